The number of benzene rings is 1. The first-order chi connectivity index (χ1) is 13.7. The summed E-state index contributed by atoms with van der Waals surface area (Å²) < 4.78 is 57.9. The summed E-state index contributed by atoms with van der Waals surface area (Å²) in [5, 5.41) is 5.73. The number of amides is 1. The van der Waals surface area contributed by atoms with Crippen LogP contribution in [0, 0.1) is 5.82 Å². The van der Waals surface area contributed by atoms with Gasteiger partial charge in [0.1, 0.15) is 11.6 Å². The molecule has 1 aromatic heterocycles. The van der Waals surface area contributed by atoms with E-state index >= 15 is 0 Å². The second kappa shape index (κ2) is 9.94. The highest BCUT2D eigenvalue weighted by Crippen LogP contribution is 2.32. The van der Waals surface area contributed by atoms with E-state index in [9.17, 15) is 22.4 Å². The van der Waals surface area contributed by atoms with Crippen molar-refractivity contribution in [1.29, 1.82) is 0 Å². The second-order valence-electron chi connectivity index (χ2n) is 6.36. The van der Waals surface area contributed by atoms with Crippen molar-refractivity contribution in [2.75, 3.05) is 27.2 Å². The molecule has 2 rings (SSSR count). The van der Waals surface area contributed by atoms with Crippen LogP contribution in [0.1, 0.15) is 16.9 Å². The smallest absolute Gasteiger partial charge is 0.416 e. The summed E-state index contributed by atoms with van der Waals surface area (Å²) in [6, 6.07) is 5.97. The molecule has 2 aromatic rings. The van der Waals surface area contributed by atoms with Gasteiger partial charge in [0.2, 0.25) is 5.91 Å². The van der Waals surface area contributed by atoms with Crippen molar-refractivity contribution in [3.05, 3.63) is 59.3 Å². The number of halogens is 4. The van der Waals surface area contributed by atoms with Crippen LogP contribution in [0.5, 0.6) is 0 Å². The Balaban J connectivity index is 2.11. The fourth-order valence-electron chi connectivity index (χ4n) is 2.37. The first-order valence-electron chi connectivity index (χ1n) is 8.77. The van der Waals surface area contributed by atoms with E-state index in [-0.39, 0.29) is 30.5 Å². The van der Waals surface area contributed by atoms with Gasteiger partial charge in [0.25, 0.3) is 0 Å². The van der Waals surface area contributed by atoms with Crippen molar-refractivity contribution in [2.24, 2.45) is 4.99 Å². The summed E-state index contributed by atoms with van der Waals surface area (Å²) in [7, 11) is 3.17. The average molecular weight is 414 g/mol. The molecule has 0 saturated carbocycles. The van der Waals surface area contributed by atoms with Crippen LogP contribution >= 0.6 is 0 Å². The van der Waals surface area contributed by atoms with E-state index in [0.717, 1.165) is 17.9 Å². The molecule has 0 aliphatic carbocycles. The van der Waals surface area contributed by atoms with E-state index in [2.05, 4.69) is 15.6 Å². The molecular formula is C19H22F4N4O2. The summed E-state index contributed by atoms with van der Waals surface area (Å²) >= 11 is 0. The molecule has 0 aliphatic heterocycles. The molecule has 2 N–H and O–H groups in total. The maximum atomic E-state index is 13.3. The molecule has 0 saturated heterocycles. The molecule has 0 atom stereocenters. The van der Waals surface area contributed by atoms with Crippen LogP contribution in [-0.4, -0.2) is 44.0 Å². The lowest BCUT2D eigenvalue weighted by Crippen LogP contribution is -2.43. The van der Waals surface area contributed by atoms with Gasteiger partial charge in [0, 0.05) is 27.1 Å². The van der Waals surface area contributed by atoms with Crippen LogP contribution in [0.3, 0.4) is 0 Å². The number of hydrogen-bond donors (Lipinski definition) is 2. The number of alkyl halides is 3. The standard InChI is InChI=1S/C19H22F4N4O2/c1-27(2)17(28)12-26-18(24-8-7-15-4-3-9-29-15)25-11-13-5-6-14(20)10-16(13)19(21,22)23/h3-6,9-10H,7-8,11-12H2,1-2H3,(H2,24,25,26). The van der Waals surface area contributed by atoms with Gasteiger partial charge in [-0.05, 0) is 29.8 Å². The van der Waals surface area contributed by atoms with E-state index in [1.807, 2.05) is 0 Å². The molecule has 29 heavy (non-hydrogen) atoms. The zero-order valence-corrected chi connectivity index (χ0v) is 16.0. The Morgan fingerprint density at radius 2 is 1.97 bits per heavy atom. The summed E-state index contributed by atoms with van der Waals surface area (Å²) in [6.07, 6.45) is -2.65. The monoisotopic (exact) mass is 414 g/mol. The third-order valence-electron chi connectivity index (χ3n) is 3.93. The third-order valence-corrected chi connectivity index (χ3v) is 3.93. The van der Waals surface area contributed by atoms with E-state index < -0.39 is 17.6 Å². The van der Waals surface area contributed by atoms with Crippen LogP contribution in [0.2, 0.25) is 0 Å². The highest BCUT2D eigenvalue weighted by atomic mass is 19.4. The lowest BCUT2D eigenvalue weighted by molar-refractivity contribution is -0.138. The number of nitrogens with one attached hydrogen (secondary N) is 2. The highest BCUT2D eigenvalue weighted by Gasteiger charge is 2.33. The van der Waals surface area contributed by atoms with Crippen molar-refractivity contribution >= 4 is 11.9 Å². The average Bonchev–Trinajstić information content (AvgIpc) is 3.16. The lowest BCUT2D eigenvalue weighted by atomic mass is 10.1. The third kappa shape index (κ3) is 7.13. The van der Waals surface area contributed by atoms with E-state index in [0.29, 0.717) is 19.0 Å². The zero-order valence-electron chi connectivity index (χ0n) is 16.0. The molecule has 1 heterocycles. The van der Waals surface area contributed by atoms with Gasteiger partial charge < -0.3 is 20.0 Å². The van der Waals surface area contributed by atoms with Crippen LogP contribution in [-0.2, 0) is 23.9 Å². The van der Waals surface area contributed by atoms with Gasteiger partial charge in [-0.3, -0.25) is 4.79 Å². The van der Waals surface area contributed by atoms with Crippen LogP contribution < -0.4 is 10.6 Å². The molecule has 0 aliphatic rings. The Morgan fingerprint density at radius 3 is 2.59 bits per heavy atom. The minimum atomic E-state index is -4.70. The molecule has 1 aromatic carbocycles. The number of carbonyl (C=O) groups excluding carboxylic acids is 1. The molecule has 10 heteroatoms. The summed E-state index contributed by atoms with van der Waals surface area (Å²) in [4.78, 5) is 17.3. The van der Waals surface area contributed by atoms with Gasteiger partial charge in [-0.25, -0.2) is 9.38 Å². The minimum Gasteiger partial charge on any atom is -0.469 e. The number of guanidine groups is 1. The van der Waals surface area contributed by atoms with Gasteiger partial charge >= 0.3 is 6.18 Å². The van der Waals surface area contributed by atoms with Crippen molar-refractivity contribution in [3.63, 3.8) is 0 Å². The predicted octanol–water partition coefficient (Wildman–Crippen LogP) is 2.80. The molecule has 0 unspecified atom stereocenters. The number of carbonyl (C=O) groups is 1. The molecule has 0 spiro atoms. The molecule has 0 bridgehead atoms. The topological polar surface area (TPSA) is 69.9 Å². The lowest BCUT2D eigenvalue weighted by Gasteiger charge is -2.16. The molecule has 0 radical (unpaired) electrons. The Hall–Kier alpha value is -3.04. The second-order valence-corrected chi connectivity index (χ2v) is 6.36. The van der Waals surface area contributed by atoms with E-state index in [1.165, 1.54) is 11.2 Å². The van der Waals surface area contributed by atoms with Crippen LogP contribution in [0.4, 0.5) is 17.6 Å². The molecular weight excluding hydrogens is 392 g/mol. The van der Waals surface area contributed by atoms with Crippen molar-refractivity contribution in [2.45, 2.75) is 19.1 Å². The van der Waals surface area contributed by atoms with Crippen LogP contribution in [0.25, 0.3) is 0 Å². The van der Waals surface area contributed by atoms with Crippen molar-refractivity contribution in [1.82, 2.24) is 15.5 Å². The van der Waals surface area contributed by atoms with E-state index in [4.69, 9.17) is 4.42 Å². The number of rotatable bonds is 7. The normalized spacial score (nSPS) is 12.0. The predicted molar refractivity (Wildman–Crippen MR) is 99.7 cm³/mol. The van der Waals surface area contributed by atoms with E-state index in [1.54, 1.807) is 26.2 Å². The highest BCUT2D eigenvalue weighted by molar-refractivity contribution is 5.86. The van der Waals surface area contributed by atoms with Gasteiger partial charge in [0.05, 0.1) is 24.9 Å². The largest absolute Gasteiger partial charge is 0.469 e. The summed E-state index contributed by atoms with van der Waals surface area (Å²) in [6.45, 7) is -0.0540. The maximum Gasteiger partial charge on any atom is 0.416 e. The fraction of sp³-hybridized carbons (Fsp3) is 0.368. The van der Waals surface area contributed by atoms with Gasteiger partial charge in [-0.1, -0.05) is 6.07 Å². The number of aliphatic imine (C=N–C) groups is 1. The number of nitrogens with zero attached hydrogens (tertiary/aromatic N) is 2. The zero-order chi connectivity index (χ0) is 21.4. The Bertz CT molecular complexity index is 833. The molecule has 0 fully saturated rings. The molecule has 158 valence electrons. The summed E-state index contributed by atoms with van der Waals surface area (Å²) in [5.74, 6) is -0.330. The Labute approximate surface area is 165 Å². The molecule has 1 amide bonds. The van der Waals surface area contributed by atoms with Gasteiger partial charge in [-0.15, -0.1) is 0 Å². The Kier molecular flexibility index (Phi) is 7.63. The number of furan rings is 1. The van der Waals surface area contributed by atoms with Gasteiger partial charge in [0.15, 0.2) is 5.96 Å². The van der Waals surface area contributed by atoms with Gasteiger partial charge in [-0.2, -0.15) is 13.2 Å². The van der Waals surface area contributed by atoms with Crippen molar-refractivity contribution < 1.29 is 26.8 Å². The van der Waals surface area contributed by atoms with Crippen LogP contribution in [0.15, 0.2) is 46.0 Å². The fourth-order valence-corrected chi connectivity index (χ4v) is 2.37. The maximum absolute atomic E-state index is 13.3. The number of likely N-dealkylation sites (N-methyl/N-ethyl adjacent to an activating group) is 1. The SMILES string of the molecule is CN(C)C(=O)CNC(=NCc1ccc(F)cc1C(F)(F)F)NCCc1ccco1. The summed E-state index contributed by atoms with van der Waals surface area (Å²) in [5.41, 5.74) is -1.26. The Morgan fingerprint density at radius 1 is 1.21 bits per heavy atom. The first kappa shape index (κ1) is 22.3. The quantitative estimate of drug-likeness (QED) is 0.415. The van der Waals surface area contributed by atoms with Crippen molar-refractivity contribution in [3.8, 4) is 0 Å². The molecule has 6 nitrogen and oxygen atoms in total. The first-order valence-corrected chi connectivity index (χ1v) is 8.77. The minimum absolute atomic E-state index is 0.0882. The number of hydrogen-bond acceptors (Lipinski definition) is 3.